The number of amides is 1. The Bertz CT molecular complexity index is 513. The lowest BCUT2D eigenvalue weighted by atomic mass is 10.2. The summed E-state index contributed by atoms with van der Waals surface area (Å²) >= 11 is 0. The van der Waals surface area contributed by atoms with Crippen molar-refractivity contribution in [2.75, 3.05) is 0 Å². The molecule has 6 nitrogen and oxygen atoms in total. The highest BCUT2D eigenvalue weighted by molar-refractivity contribution is 5.94. The van der Waals surface area contributed by atoms with Crippen LogP contribution in [0.2, 0.25) is 0 Å². The van der Waals surface area contributed by atoms with E-state index in [0.29, 0.717) is 0 Å². The van der Waals surface area contributed by atoms with Crippen LogP contribution in [0.1, 0.15) is 48.6 Å². The molecule has 0 aliphatic heterocycles. The Morgan fingerprint density at radius 2 is 2.10 bits per heavy atom. The second-order valence-corrected chi connectivity index (χ2v) is 5.11. The summed E-state index contributed by atoms with van der Waals surface area (Å²) in [6, 6.07) is 0.103. The fourth-order valence-electron chi connectivity index (χ4n) is 2.46. The molecule has 1 amide bonds. The van der Waals surface area contributed by atoms with Crippen LogP contribution in [-0.4, -0.2) is 39.2 Å². The minimum atomic E-state index is -2.80. The third-order valence-corrected chi connectivity index (χ3v) is 3.56. The number of carbonyl (C=O) groups is 2. The zero-order chi connectivity index (χ0) is 15.4. The molecule has 1 aliphatic carbocycles. The van der Waals surface area contributed by atoms with Crippen LogP contribution in [0.5, 0.6) is 0 Å². The van der Waals surface area contributed by atoms with Gasteiger partial charge in [-0.25, -0.2) is 13.6 Å². The number of hydrogen-bond donors (Lipinski definition) is 2. The van der Waals surface area contributed by atoms with Gasteiger partial charge in [-0.05, 0) is 18.9 Å². The zero-order valence-corrected chi connectivity index (χ0v) is 11.3. The lowest BCUT2D eigenvalue weighted by Gasteiger charge is -2.13. The molecule has 0 bridgehead atoms. The van der Waals surface area contributed by atoms with Gasteiger partial charge in [-0.1, -0.05) is 12.8 Å². The Hall–Kier alpha value is -1.99. The Morgan fingerprint density at radius 1 is 1.43 bits per heavy atom. The van der Waals surface area contributed by atoms with Gasteiger partial charge in [0.15, 0.2) is 0 Å². The normalized spacial score (nSPS) is 17.1. The molecule has 0 spiro atoms. The van der Waals surface area contributed by atoms with E-state index in [9.17, 15) is 18.4 Å². The first kappa shape index (κ1) is 15.4. The zero-order valence-electron chi connectivity index (χ0n) is 11.3. The topological polar surface area (TPSA) is 84.2 Å². The number of carbonyl (C=O) groups excluding carboxylic acids is 1. The van der Waals surface area contributed by atoms with Crippen LogP contribution in [-0.2, 0) is 4.79 Å². The van der Waals surface area contributed by atoms with Gasteiger partial charge >= 0.3 is 5.97 Å². The second-order valence-electron chi connectivity index (χ2n) is 5.11. The molecule has 1 aliphatic rings. The Balaban J connectivity index is 2.00. The van der Waals surface area contributed by atoms with Crippen molar-refractivity contribution in [2.24, 2.45) is 0 Å². The van der Waals surface area contributed by atoms with Crippen molar-refractivity contribution >= 4 is 11.9 Å². The first-order chi connectivity index (χ1) is 9.97. The smallest absolute Gasteiger partial charge is 0.326 e. The highest BCUT2D eigenvalue weighted by atomic mass is 19.3. The van der Waals surface area contributed by atoms with Crippen LogP contribution in [0, 0.1) is 0 Å². The molecule has 1 heterocycles. The molecule has 116 valence electrons. The van der Waals surface area contributed by atoms with Crippen molar-refractivity contribution < 1.29 is 23.5 Å². The molecule has 0 aromatic carbocycles. The van der Waals surface area contributed by atoms with Crippen molar-refractivity contribution in [2.45, 2.75) is 50.6 Å². The van der Waals surface area contributed by atoms with Crippen molar-refractivity contribution in [1.29, 1.82) is 0 Å². The maximum atomic E-state index is 12.3. The van der Waals surface area contributed by atoms with E-state index in [1.165, 1.54) is 6.07 Å². The highest BCUT2D eigenvalue weighted by Crippen LogP contribution is 2.28. The van der Waals surface area contributed by atoms with Gasteiger partial charge in [0, 0.05) is 12.6 Å². The highest BCUT2D eigenvalue weighted by Gasteiger charge is 2.26. The summed E-state index contributed by atoms with van der Waals surface area (Å²) in [6.45, 7) is 0. The number of nitrogens with one attached hydrogen (secondary N) is 1. The van der Waals surface area contributed by atoms with Gasteiger partial charge in [-0.15, -0.1) is 0 Å². The van der Waals surface area contributed by atoms with E-state index < -0.39 is 30.8 Å². The predicted molar refractivity (Wildman–Crippen MR) is 69.2 cm³/mol. The molecule has 0 saturated heterocycles. The van der Waals surface area contributed by atoms with E-state index in [-0.39, 0.29) is 11.7 Å². The average Bonchev–Trinajstić information content (AvgIpc) is 3.08. The first-order valence-electron chi connectivity index (χ1n) is 6.84. The van der Waals surface area contributed by atoms with Gasteiger partial charge in [-0.3, -0.25) is 9.48 Å². The summed E-state index contributed by atoms with van der Waals surface area (Å²) < 4.78 is 26.2. The van der Waals surface area contributed by atoms with Gasteiger partial charge in [0.05, 0.1) is 6.04 Å². The molecular weight excluding hydrogens is 284 g/mol. The summed E-state index contributed by atoms with van der Waals surface area (Å²) in [5.74, 6) is -2.24. The SMILES string of the molecule is O=C(NC(CC(F)F)C(=O)O)c1ccn(C2CCCC2)n1. The van der Waals surface area contributed by atoms with Gasteiger partial charge in [0.2, 0.25) is 6.43 Å². The van der Waals surface area contributed by atoms with Gasteiger partial charge in [-0.2, -0.15) is 5.10 Å². The number of nitrogens with zero attached hydrogens (tertiary/aromatic N) is 2. The average molecular weight is 301 g/mol. The number of aliphatic carboxylic acids is 1. The van der Waals surface area contributed by atoms with E-state index in [0.717, 1.165) is 25.7 Å². The lowest BCUT2D eigenvalue weighted by Crippen LogP contribution is -2.42. The molecule has 1 unspecified atom stereocenters. The number of aromatic nitrogens is 2. The Morgan fingerprint density at radius 3 is 2.67 bits per heavy atom. The Kier molecular flexibility index (Phi) is 4.87. The van der Waals surface area contributed by atoms with Crippen LogP contribution in [0.4, 0.5) is 8.78 Å². The predicted octanol–water partition coefficient (Wildman–Crippen LogP) is 1.84. The first-order valence-corrected chi connectivity index (χ1v) is 6.84. The van der Waals surface area contributed by atoms with E-state index in [1.807, 2.05) is 0 Å². The third-order valence-electron chi connectivity index (χ3n) is 3.56. The summed E-state index contributed by atoms with van der Waals surface area (Å²) in [7, 11) is 0. The van der Waals surface area contributed by atoms with Gasteiger partial charge in [0.1, 0.15) is 11.7 Å². The van der Waals surface area contributed by atoms with E-state index in [4.69, 9.17) is 5.11 Å². The van der Waals surface area contributed by atoms with Crippen molar-refractivity contribution in [1.82, 2.24) is 15.1 Å². The minimum Gasteiger partial charge on any atom is -0.480 e. The molecule has 1 fully saturated rings. The third kappa shape index (κ3) is 3.99. The lowest BCUT2D eigenvalue weighted by molar-refractivity contribution is -0.140. The number of rotatable bonds is 6. The van der Waals surface area contributed by atoms with E-state index >= 15 is 0 Å². The number of halogens is 2. The maximum absolute atomic E-state index is 12.3. The molecule has 2 rings (SSSR count). The van der Waals surface area contributed by atoms with Crippen molar-refractivity contribution in [3.8, 4) is 0 Å². The molecule has 0 radical (unpaired) electrons. The molecule has 1 saturated carbocycles. The molecular formula is C13H17F2N3O3. The largest absolute Gasteiger partial charge is 0.480 e. The maximum Gasteiger partial charge on any atom is 0.326 e. The number of carboxylic acids is 1. The molecule has 21 heavy (non-hydrogen) atoms. The second kappa shape index (κ2) is 6.64. The quantitative estimate of drug-likeness (QED) is 0.839. The van der Waals surface area contributed by atoms with Crippen LogP contribution in [0.25, 0.3) is 0 Å². The van der Waals surface area contributed by atoms with Crippen LogP contribution >= 0.6 is 0 Å². The summed E-state index contributed by atoms with van der Waals surface area (Å²) in [6.07, 6.45) is 2.14. The number of carboxylic acid groups (broad SMARTS) is 1. The number of alkyl halides is 2. The minimum absolute atomic E-state index is 0.0439. The van der Waals surface area contributed by atoms with Gasteiger partial charge in [0.25, 0.3) is 5.91 Å². The van der Waals surface area contributed by atoms with E-state index in [1.54, 1.807) is 10.9 Å². The van der Waals surface area contributed by atoms with Crippen molar-refractivity contribution in [3.05, 3.63) is 18.0 Å². The van der Waals surface area contributed by atoms with Crippen molar-refractivity contribution in [3.63, 3.8) is 0 Å². The number of hydrogen-bond acceptors (Lipinski definition) is 3. The summed E-state index contributed by atoms with van der Waals surface area (Å²) in [4.78, 5) is 22.7. The monoisotopic (exact) mass is 301 g/mol. The molecule has 2 N–H and O–H groups in total. The molecule has 1 aromatic heterocycles. The van der Waals surface area contributed by atoms with Gasteiger partial charge < -0.3 is 10.4 Å². The Labute approximate surface area is 120 Å². The van der Waals surface area contributed by atoms with Crippen LogP contribution < -0.4 is 5.32 Å². The summed E-state index contributed by atoms with van der Waals surface area (Å²) in [5, 5.41) is 15.0. The molecule has 1 aromatic rings. The van der Waals surface area contributed by atoms with Crippen LogP contribution in [0.15, 0.2) is 12.3 Å². The summed E-state index contributed by atoms with van der Waals surface area (Å²) in [5.41, 5.74) is 0.0439. The fourth-order valence-corrected chi connectivity index (χ4v) is 2.46. The standard InChI is InChI=1S/C13H17F2N3O3/c14-11(15)7-10(13(20)21)16-12(19)9-5-6-18(17-9)8-3-1-2-4-8/h5-6,8,10-11H,1-4,7H2,(H,16,19)(H,20,21). The molecule has 1 atom stereocenters. The van der Waals surface area contributed by atoms with E-state index in [2.05, 4.69) is 10.4 Å². The fraction of sp³-hybridized carbons (Fsp3) is 0.615. The van der Waals surface area contributed by atoms with Crippen LogP contribution in [0.3, 0.4) is 0 Å². The molecule has 8 heteroatoms.